The van der Waals surface area contributed by atoms with E-state index in [9.17, 15) is 13.6 Å². The van der Waals surface area contributed by atoms with E-state index in [1.807, 2.05) is 31.2 Å². The summed E-state index contributed by atoms with van der Waals surface area (Å²) >= 11 is 0. The van der Waals surface area contributed by atoms with Crippen molar-refractivity contribution >= 4 is 5.91 Å². The number of rotatable bonds is 5. The zero-order valence-corrected chi connectivity index (χ0v) is 11.5. The van der Waals surface area contributed by atoms with Gasteiger partial charge in [-0.2, -0.15) is 8.78 Å². The van der Waals surface area contributed by atoms with Crippen molar-refractivity contribution in [2.45, 2.75) is 20.1 Å². The molecule has 21 heavy (non-hydrogen) atoms. The largest absolute Gasteiger partial charge is 0.435 e. The van der Waals surface area contributed by atoms with E-state index in [0.29, 0.717) is 12.1 Å². The number of nitrogens with one attached hydrogen (secondary N) is 1. The number of aryl methyl sites for hydroxylation is 1. The first kappa shape index (κ1) is 15.0. The third-order valence-corrected chi connectivity index (χ3v) is 3.04. The number of alkyl halides is 2. The van der Waals surface area contributed by atoms with E-state index in [1.165, 1.54) is 24.3 Å². The summed E-state index contributed by atoms with van der Waals surface area (Å²) < 4.78 is 28.3. The molecular formula is C16H15F2NO2. The molecule has 0 unspecified atom stereocenters. The number of benzene rings is 2. The Hall–Kier alpha value is -2.43. The molecule has 0 aliphatic rings. The van der Waals surface area contributed by atoms with Gasteiger partial charge in [-0.15, -0.1) is 0 Å². The number of hydrogen-bond acceptors (Lipinski definition) is 2. The van der Waals surface area contributed by atoms with E-state index in [2.05, 4.69) is 10.1 Å². The van der Waals surface area contributed by atoms with Gasteiger partial charge in [0.1, 0.15) is 5.75 Å². The van der Waals surface area contributed by atoms with Crippen LogP contribution in [-0.4, -0.2) is 12.5 Å². The number of halogens is 2. The minimum Gasteiger partial charge on any atom is -0.435 e. The van der Waals surface area contributed by atoms with Crippen LogP contribution in [0.4, 0.5) is 8.78 Å². The standard InChI is InChI=1S/C16H15F2NO2/c1-11-4-2-3-5-13(11)10-19-15(20)12-6-8-14(9-7-12)21-16(17)18/h2-9,16H,10H2,1H3,(H,19,20). The molecule has 0 fully saturated rings. The first-order valence-electron chi connectivity index (χ1n) is 6.44. The minimum atomic E-state index is -2.87. The van der Waals surface area contributed by atoms with Crippen LogP contribution in [0.15, 0.2) is 48.5 Å². The number of hydrogen-bond donors (Lipinski definition) is 1. The Morgan fingerprint density at radius 1 is 1.14 bits per heavy atom. The van der Waals surface area contributed by atoms with Crippen molar-refractivity contribution in [1.29, 1.82) is 0 Å². The molecule has 0 bridgehead atoms. The number of ether oxygens (including phenoxy) is 1. The Balaban J connectivity index is 1.96. The molecule has 5 heteroatoms. The fraction of sp³-hybridized carbons (Fsp3) is 0.188. The topological polar surface area (TPSA) is 38.3 Å². The monoisotopic (exact) mass is 291 g/mol. The maximum absolute atomic E-state index is 12.0. The van der Waals surface area contributed by atoms with Gasteiger partial charge >= 0.3 is 6.61 Å². The van der Waals surface area contributed by atoms with Crippen molar-refractivity contribution < 1.29 is 18.3 Å². The first-order chi connectivity index (χ1) is 10.1. The molecule has 0 aliphatic heterocycles. The van der Waals surface area contributed by atoms with Gasteiger partial charge in [0.05, 0.1) is 0 Å². The Morgan fingerprint density at radius 3 is 2.43 bits per heavy atom. The van der Waals surface area contributed by atoms with Gasteiger partial charge in [-0.1, -0.05) is 24.3 Å². The van der Waals surface area contributed by atoms with Gasteiger partial charge in [-0.25, -0.2) is 0 Å². The normalized spacial score (nSPS) is 10.5. The van der Waals surface area contributed by atoms with Gasteiger partial charge < -0.3 is 10.1 Å². The van der Waals surface area contributed by atoms with E-state index in [0.717, 1.165) is 11.1 Å². The first-order valence-corrected chi connectivity index (χ1v) is 6.44. The number of carbonyl (C=O) groups excluding carboxylic acids is 1. The fourth-order valence-electron chi connectivity index (χ4n) is 1.87. The van der Waals surface area contributed by atoms with Crippen molar-refractivity contribution in [3.63, 3.8) is 0 Å². The van der Waals surface area contributed by atoms with Crippen LogP contribution in [0.2, 0.25) is 0 Å². The molecule has 1 amide bonds. The van der Waals surface area contributed by atoms with Gasteiger partial charge in [0.2, 0.25) is 0 Å². The number of carbonyl (C=O) groups is 1. The fourth-order valence-corrected chi connectivity index (χ4v) is 1.87. The van der Waals surface area contributed by atoms with Crippen molar-refractivity contribution in [1.82, 2.24) is 5.32 Å². The molecular weight excluding hydrogens is 276 g/mol. The van der Waals surface area contributed by atoms with Gasteiger partial charge in [0.25, 0.3) is 5.91 Å². The third kappa shape index (κ3) is 4.27. The van der Waals surface area contributed by atoms with Crippen LogP contribution in [-0.2, 0) is 6.54 Å². The van der Waals surface area contributed by atoms with Crippen LogP contribution < -0.4 is 10.1 Å². The Morgan fingerprint density at radius 2 is 1.81 bits per heavy atom. The third-order valence-electron chi connectivity index (χ3n) is 3.04. The summed E-state index contributed by atoms with van der Waals surface area (Å²) in [7, 11) is 0. The summed E-state index contributed by atoms with van der Waals surface area (Å²) in [5, 5.41) is 2.79. The molecule has 0 spiro atoms. The lowest BCUT2D eigenvalue weighted by Crippen LogP contribution is -2.23. The van der Waals surface area contributed by atoms with E-state index < -0.39 is 6.61 Å². The molecule has 1 N–H and O–H groups in total. The van der Waals surface area contributed by atoms with Crippen LogP contribution in [0.5, 0.6) is 5.75 Å². The molecule has 0 atom stereocenters. The smallest absolute Gasteiger partial charge is 0.387 e. The quantitative estimate of drug-likeness (QED) is 0.915. The highest BCUT2D eigenvalue weighted by atomic mass is 19.3. The molecule has 0 aliphatic carbocycles. The predicted octanol–water partition coefficient (Wildman–Crippen LogP) is 3.53. The molecule has 2 aromatic carbocycles. The van der Waals surface area contributed by atoms with Crippen LogP contribution >= 0.6 is 0 Å². The molecule has 0 radical (unpaired) electrons. The molecule has 2 aromatic rings. The molecule has 0 heterocycles. The predicted molar refractivity (Wildman–Crippen MR) is 75.4 cm³/mol. The summed E-state index contributed by atoms with van der Waals surface area (Å²) in [6.45, 7) is -0.482. The van der Waals surface area contributed by atoms with Gasteiger partial charge in [-0.3, -0.25) is 4.79 Å². The summed E-state index contributed by atoms with van der Waals surface area (Å²) in [4.78, 5) is 12.0. The van der Waals surface area contributed by atoms with Gasteiger partial charge in [-0.05, 0) is 42.3 Å². The maximum Gasteiger partial charge on any atom is 0.387 e. The molecule has 110 valence electrons. The SMILES string of the molecule is Cc1ccccc1CNC(=O)c1ccc(OC(F)F)cc1. The Bertz CT molecular complexity index is 612. The maximum atomic E-state index is 12.0. The highest BCUT2D eigenvalue weighted by Crippen LogP contribution is 2.15. The van der Waals surface area contributed by atoms with Crippen molar-refractivity contribution in [3.8, 4) is 5.75 Å². The summed E-state index contributed by atoms with van der Waals surface area (Å²) in [5.74, 6) is -0.234. The van der Waals surface area contributed by atoms with Crippen molar-refractivity contribution in [2.24, 2.45) is 0 Å². The molecule has 0 saturated carbocycles. The minimum absolute atomic E-state index is 0.0282. The molecule has 3 nitrogen and oxygen atoms in total. The van der Waals surface area contributed by atoms with Crippen LogP contribution in [0.1, 0.15) is 21.5 Å². The second-order valence-electron chi connectivity index (χ2n) is 4.51. The van der Waals surface area contributed by atoms with Gasteiger partial charge in [0.15, 0.2) is 0 Å². The lowest BCUT2D eigenvalue weighted by atomic mass is 10.1. The lowest BCUT2D eigenvalue weighted by molar-refractivity contribution is -0.0498. The summed E-state index contributed by atoms with van der Waals surface area (Å²) in [6, 6.07) is 13.3. The molecule has 2 rings (SSSR count). The van der Waals surface area contributed by atoms with Crippen LogP contribution in [0.3, 0.4) is 0 Å². The van der Waals surface area contributed by atoms with Crippen molar-refractivity contribution in [3.05, 3.63) is 65.2 Å². The highest BCUT2D eigenvalue weighted by Gasteiger charge is 2.08. The highest BCUT2D eigenvalue weighted by molar-refractivity contribution is 5.94. The van der Waals surface area contributed by atoms with Gasteiger partial charge in [0, 0.05) is 12.1 Å². The van der Waals surface area contributed by atoms with Crippen LogP contribution in [0, 0.1) is 6.92 Å². The van der Waals surface area contributed by atoms with E-state index in [1.54, 1.807) is 0 Å². The Labute approximate surface area is 121 Å². The second kappa shape index (κ2) is 6.83. The number of amides is 1. The molecule has 0 saturated heterocycles. The Kier molecular flexibility index (Phi) is 4.87. The van der Waals surface area contributed by atoms with E-state index in [-0.39, 0.29) is 11.7 Å². The zero-order valence-electron chi connectivity index (χ0n) is 11.5. The summed E-state index contributed by atoms with van der Waals surface area (Å²) in [5.41, 5.74) is 2.52. The lowest BCUT2D eigenvalue weighted by Gasteiger charge is -2.09. The average Bonchev–Trinajstić information content (AvgIpc) is 2.46. The average molecular weight is 291 g/mol. The zero-order chi connectivity index (χ0) is 15.2. The van der Waals surface area contributed by atoms with Crippen LogP contribution in [0.25, 0.3) is 0 Å². The second-order valence-corrected chi connectivity index (χ2v) is 4.51. The van der Waals surface area contributed by atoms with Crippen molar-refractivity contribution in [2.75, 3.05) is 0 Å². The summed E-state index contributed by atoms with van der Waals surface area (Å²) in [6.07, 6.45) is 0. The van der Waals surface area contributed by atoms with E-state index >= 15 is 0 Å². The van der Waals surface area contributed by atoms with E-state index in [4.69, 9.17) is 0 Å². The molecule has 0 aromatic heterocycles.